The zero-order chi connectivity index (χ0) is 14.5. The first-order valence-corrected chi connectivity index (χ1v) is 8.03. The van der Waals surface area contributed by atoms with Crippen molar-refractivity contribution >= 4 is 17.3 Å². The summed E-state index contributed by atoms with van der Waals surface area (Å²) in [6, 6.07) is 0. The molecule has 1 saturated heterocycles. The van der Waals surface area contributed by atoms with Gasteiger partial charge in [0.1, 0.15) is 0 Å². The van der Waals surface area contributed by atoms with Gasteiger partial charge in [-0.2, -0.15) is 0 Å². The first kappa shape index (κ1) is 15.4. The van der Waals surface area contributed by atoms with Gasteiger partial charge < -0.3 is 10.0 Å². The van der Waals surface area contributed by atoms with Gasteiger partial charge in [-0.3, -0.25) is 9.69 Å². The molecule has 0 amide bonds. The van der Waals surface area contributed by atoms with E-state index in [4.69, 9.17) is 5.11 Å². The molecule has 0 aromatic carbocycles. The number of rotatable bonds is 6. The number of carboxylic acid groups (broad SMARTS) is 1. The fourth-order valence-corrected chi connectivity index (χ4v) is 3.14. The zero-order valence-electron chi connectivity index (χ0n) is 12.2. The van der Waals surface area contributed by atoms with Gasteiger partial charge in [0.15, 0.2) is 0 Å². The summed E-state index contributed by atoms with van der Waals surface area (Å²) in [5.41, 5.74) is 1.16. The fraction of sp³-hybridized carbons (Fsp3) is 0.714. The highest BCUT2D eigenvalue weighted by Gasteiger charge is 2.18. The third-order valence-electron chi connectivity index (χ3n) is 3.56. The zero-order valence-corrected chi connectivity index (χ0v) is 13.0. The summed E-state index contributed by atoms with van der Waals surface area (Å²) >= 11 is 1.74. The normalized spacial score (nSPS) is 17.8. The summed E-state index contributed by atoms with van der Waals surface area (Å²) in [6.07, 6.45) is 0.240. The SMILES string of the molecule is CC(C)c1nc(CN2CCN(CCC(=O)O)CC2)cs1. The Labute approximate surface area is 124 Å². The van der Waals surface area contributed by atoms with E-state index >= 15 is 0 Å². The Kier molecular flexibility index (Phi) is 5.51. The highest BCUT2D eigenvalue weighted by atomic mass is 32.1. The maximum absolute atomic E-state index is 10.6. The average Bonchev–Trinajstić information content (AvgIpc) is 2.86. The lowest BCUT2D eigenvalue weighted by atomic mass is 10.2. The number of nitrogens with zero attached hydrogens (tertiary/aromatic N) is 3. The predicted octanol–water partition coefficient (Wildman–Crippen LogP) is 1.86. The lowest BCUT2D eigenvalue weighted by Gasteiger charge is -2.34. The molecule has 0 bridgehead atoms. The van der Waals surface area contributed by atoms with Gasteiger partial charge in [0, 0.05) is 50.6 Å². The van der Waals surface area contributed by atoms with Crippen molar-refractivity contribution in [3.05, 3.63) is 16.1 Å². The first-order valence-electron chi connectivity index (χ1n) is 7.15. The molecule has 2 heterocycles. The number of aliphatic carboxylic acids is 1. The summed E-state index contributed by atoms with van der Waals surface area (Å²) < 4.78 is 0. The smallest absolute Gasteiger partial charge is 0.304 e. The molecule has 5 nitrogen and oxygen atoms in total. The second-order valence-electron chi connectivity index (χ2n) is 5.59. The van der Waals surface area contributed by atoms with Crippen molar-refractivity contribution in [2.45, 2.75) is 32.7 Å². The van der Waals surface area contributed by atoms with E-state index < -0.39 is 5.97 Å². The summed E-state index contributed by atoms with van der Waals surface area (Å²) in [6.45, 7) is 9.81. The van der Waals surface area contributed by atoms with E-state index in [2.05, 4.69) is 34.0 Å². The van der Waals surface area contributed by atoms with Gasteiger partial charge in [-0.25, -0.2) is 4.98 Å². The molecule has 0 saturated carbocycles. The van der Waals surface area contributed by atoms with Crippen LogP contribution in [0.25, 0.3) is 0 Å². The van der Waals surface area contributed by atoms with Crippen molar-refractivity contribution in [1.82, 2.24) is 14.8 Å². The molecule has 1 N–H and O–H groups in total. The van der Waals surface area contributed by atoms with Crippen molar-refractivity contribution in [3.8, 4) is 0 Å². The van der Waals surface area contributed by atoms with E-state index in [1.165, 1.54) is 5.01 Å². The van der Waals surface area contributed by atoms with Crippen LogP contribution < -0.4 is 0 Å². The molecular weight excluding hydrogens is 274 g/mol. The van der Waals surface area contributed by atoms with Crippen LogP contribution in [0.5, 0.6) is 0 Å². The fourth-order valence-electron chi connectivity index (χ4n) is 2.31. The number of carbonyl (C=O) groups is 1. The van der Waals surface area contributed by atoms with Crippen LogP contribution in [-0.4, -0.2) is 58.6 Å². The van der Waals surface area contributed by atoms with Gasteiger partial charge in [0.2, 0.25) is 0 Å². The van der Waals surface area contributed by atoms with E-state index in [0.717, 1.165) is 38.4 Å². The van der Waals surface area contributed by atoms with E-state index in [-0.39, 0.29) is 6.42 Å². The molecule has 0 atom stereocenters. The Morgan fingerprint density at radius 2 is 2.00 bits per heavy atom. The number of aromatic nitrogens is 1. The number of piperazine rings is 1. The summed E-state index contributed by atoms with van der Waals surface area (Å²) in [5, 5.41) is 12.1. The van der Waals surface area contributed by atoms with Gasteiger partial charge in [-0.1, -0.05) is 13.8 Å². The van der Waals surface area contributed by atoms with Crippen molar-refractivity contribution in [2.75, 3.05) is 32.7 Å². The van der Waals surface area contributed by atoms with Crippen LogP contribution >= 0.6 is 11.3 Å². The standard InChI is InChI=1S/C14H23N3O2S/c1-11(2)14-15-12(10-20-14)9-17-7-5-16(6-8-17)4-3-13(18)19/h10-11H,3-9H2,1-2H3,(H,18,19). The average molecular weight is 297 g/mol. The Morgan fingerprint density at radius 3 is 2.55 bits per heavy atom. The van der Waals surface area contributed by atoms with Crippen molar-refractivity contribution in [2.24, 2.45) is 0 Å². The topological polar surface area (TPSA) is 56.7 Å². The molecule has 1 aromatic heterocycles. The van der Waals surface area contributed by atoms with Gasteiger partial charge in [-0.05, 0) is 0 Å². The van der Waals surface area contributed by atoms with E-state index in [0.29, 0.717) is 12.5 Å². The molecule has 1 aliphatic rings. The van der Waals surface area contributed by atoms with Crippen LogP contribution in [0.3, 0.4) is 0 Å². The Balaban J connectivity index is 1.74. The van der Waals surface area contributed by atoms with Crippen LogP contribution in [0.15, 0.2) is 5.38 Å². The van der Waals surface area contributed by atoms with Crippen LogP contribution in [0.2, 0.25) is 0 Å². The van der Waals surface area contributed by atoms with E-state index in [1.54, 1.807) is 11.3 Å². The van der Waals surface area contributed by atoms with Crippen molar-refractivity contribution in [1.29, 1.82) is 0 Å². The maximum Gasteiger partial charge on any atom is 0.304 e. The summed E-state index contributed by atoms with van der Waals surface area (Å²) in [4.78, 5) is 19.9. The molecule has 1 aromatic rings. The van der Waals surface area contributed by atoms with Crippen LogP contribution in [0.1, 0.15) is 36.9 Å². The lowest BCUT2D eigenvalue weighted by Crippen LogP contribution is -2.46. The molecule has 6 heteroatoms. The Hall–Kier alpha value is -0.980. The summed E-state index contributed by atoms with van der Waals surface area (Å²) in [5.74, 6) is -0.210. The second-order valence-corrected chi connectivity index (χ2v) is 6.48. The van der Waals surface area contributed by atoms with Crippen LogP contribution in [0.4, 0.5) is 0 Å². The molecule has 1 fully saturated rings. The number of carboxylic acids is 1. The largest absolute Gasteiger partial charge is 0.481 e. The molecule has 112 valence electrons. The maximum atomic E-state index is 10.6. The van der Waals surface area contributed by atoms with Crippen molar-refractivity contribution < 1.29 is 9.90 Å². The molecule has 0 spiro atoms. The number of thiazole rings is 1. The Morgan fingerprint density at radius 1 is 1.35 bits per heavy atom. The van der Waals surface area contributed by atoms with E-state index in [9.17, 15) is 4.79 Å². The number of hydrogen-bond donors (Lipinski definition) is 1. The Bertz CT molecular complexity index is 439. The van der Waals surface area contributed by atoms with Gasteiger partial charge >= 0.3 is 5.97 Å². The minimum atomic E-state index is -0.712. The molecule has 1 aliphatic heterocycles. The first-order chi connectivity index (χ1) is 9.54. The third kappa shape index (κ3) is 4.54. The molecule has 0 aliphatic carbocycles. The molecule has 0 unspecified atom stereocenters. The quantitative estimate of drug-likeness (QED) is 0.868. The van der Waals surface area contributed by atoms with Crippen LogP contribution in [0, 0.1) is 0 Å². The third-order valence-corrected chi connectivity index (χ3v) is 4.75. The predicted molar refractivity (Wildman–Crippen MR) is 80.2 cm³/mol. The van der Waals surface area contributed by atoms with Gasteiger partial charge in [0.25, 0.3) is 0 Å². The minimum absolute atomic E-state index is 0.240. The molecule has 0 radical (unpaired) electrons. The minimum Gasteiger partial charge on any atom is -0.481 e. The van der Waals surface area contributed by atoms with E-state index in [1.807, 2.05) is 0 Å². The second kappa shape index (κ2) is 7.15. The summed E-state index contributed by atoms with van der Waals surface area (Å²) in [7, 11) is 0. The molecule has 20 heavy (non-hydrogen) atoms. The van der Waals surface area contributed by atoms with Gasteiger partial charge in [-0.15, -0.1) is 11.3 Å². The van der Waals surface area contributed by atoms with Crippen LogP contribution in [-0.2, 0) is 11.3 Å². The molecular formula is C14H23N3O2S. The lowest BCUT2D eigenvalue weighted by molar-refractivity contribution is -0.137. The van der Waals surface area contributed by atoms with Gasteiger partial charge in [0.05, 0.1) is 17.1 Å². The highest BCUT2D eigenvalue weighted by Crippen LogP contribution is 2.20. The number of hydrogen-bond acceptors (Lipinski definition) is 5. The highest BCUT2D eigenvalue weighted by molar-refractivity contribution is 7.09. The van der Waals surface area contributed by atoms with Crippen molar-refractivity contribution in [3.63, 3.8) is 0 Å². The monoisotopic (exact) mass is 297 g/mol. The molecule has 2 rings (SSSR count).